The number of aromatic nitrogens is 2. The third-order valence-electron chi connectivity index (χ3n) is 7.77. The molecule has 1 aromatic carbocycles. The third kappa shape index (κ3) is 6.06. The summed E-state index contributed by atoms with van der Waals surface area (Å²) in [6.45, 7) is 2.44. The van der Waals surface area contributed by atoms with E-state index < -0.39 is 6.29 Å². The lowest BCUT2D eigenvalue weighted by molar-refractivity contribution is -0.126. The summed E-state index contributed by atoms with van der Waals surface area (Å²) < 4.78 is 16.6. The number of halogens is 1. The number of hydrogen-bond acceptors (Lipinski definition) is 7. The van der Waals surface area contributed by atoms with Crippen LogP contribution in [0.4, 0.5) is 21.8 Å². The number of carbonyl (C=O) groups is 1. The van der Waals surface area contributed by atoms with Gasteiger partial charge in [0, 0.05) is 30.8 Å². The van der Waals surface area contributed by atoms with E-state index in [9.17, 15) is 14.3 Å². The summed E-state index contributed by atoms with van der Waals surface area (Å²) in [6.07, 6.45) is 10.1. The Labute approximate surface area is 223 Å². The van der Waals surface area contributed by atoms with Gasteiger partial charge in [0.2, 0.25) is 18.1 Å². The molecule has 0 spiro atoms. The zero-order chi connectivity index (χ0) is 26.5. The summed E-state index contributed by atoms with van der Waals surface area (Å²) in [6, 6.07) is 6.65. The Hall–Kier alpha value is -3.27. The molecule has 3 aliphatic rings. The maximum absolute atomic E-state index is 14.5. The second kappa shape index (κ2) is 12.1. The molecule has 0 bridgehead atoms. The third-order valence-corrected chi connectivity index (χ3v) is 7.77. The van der Waals surface area contributed by atoms with Crippen LogP contribution < -0.4 is 16.0 Å². The molecule has 1 unspecified atom stereocenters. The van der Waals surface area contributed by atoms with Crippen LogP contribution in [-0.2, 0) is 4.79 Å². The second-order valence-electron chi connectivity index (χ2n) is 10.7. The average molecular weight is 524 g/mol. The van der Waals surface area contributed by atoms with E-state index in [1.54, 1.807) is 24.4 Å². The van der Waals surface area contributed by atoms with Gasteiger partial charge in [0.1, 0.15) is 17.3 Å². The zero-order valence-electron chi connectivity index (χ0n) is 22.0. The number of nitrogens with zero attached hydrogens (tertiary/aromatic N) is 4. The first-order valence-electron chi connectivity index (χ1n) is 13.9. The van der Waals surface area contributed by atoms with E-state index in [0.29, 0.717) is 23.9 Å². The van der Waals surface area contributed by atoms with E-state index >= 15 is 0 Å². The van der Waals surface area contributed by atoms with Crippen LogP contribution in [0.2, 0.25) is 0 Å². The molecule has 0 radical (unpaired) electrons. The fourth-order valence-corrected chi connectivity index (χ4v) is 5.52. The van der Waals surface area contributed by atoms with Crippen LogP contribution in [0, 0.1) is 17.7 Å². The Balaban J connectivity index is 1.36. The van der Waals surface area contributed by atoms with Crippen molar-refractivity contribution in [2.45, 2.75) is 77.0 Å². The molecule has 0 saturated heterocycles. The Morgan fingerprint density at radius 2 is 1.97 bits per heavy atom. The number of hydrogen-bond donors (Lipinski definition) is 4. The molecule has 2 heterocycles. The smallest absolute Gasteiger partial charge is 0.223 e. The van der Waals surface area contributed by atoms with Gasteiger partial charge in [-0.25, -0.2) is 19.4 Å². The lowest BCUT2D eigenvalue weighted by atomic mass is 9.85. The van der Waals surface area contributed by atoms with Crippen LogP contribution >= 0.6 is 0 Å². The van der Waals surface area contributed by atoms with Crippen molar-refractivity contribution in [3.8, 4) is 0 Å². The minimum Gasteiger partial charge on any atom is -0.396 e. The van der Waals surface area contributed by atoms with Gasteiger partial charge >= 0.3 is 0 Å². The molecule has 1 aliphatic heterocycles. The Morgan fingerprint density at radius 3 is 2.71 bits per heavy atom. The largest absolute Gasteiger partial charge is 0.396 e. The van der Waals surface area contributed by atoms with Gasteiger partial charge in [-0.1, -0.05) is 25.5 Å². The Bertz CT molecular complexity index is 1180. The zero-order valence-corrected chi connectivity index (χ0v) is 22.0. The highest BCUT2D eigenvalue weighted by Crippen LogP contribution is 2.39. The minimum absolute atomic E-state index is 0.0395. The number of aliphatic hydroxyl groups excluding tert-OH is 1. The number of aliphatic imine (C=N–C) groups is 2. The minimum atomic E-state index is -0.400. The number of carbonyl (C=O) groups excluding carboxylic acids is 1. The van der Waals surface area contributed by atoms with Crippen molar-refractivity contribution >= 4 is 35.3 Å². The molecule has 9 nitrogen and oxygen atoms in total. The maximum Gasteiger partial charge on any atom is 0.223 e. The molecule has 204 valence electrons. The van der Waals surface area contributed by atoms with Crippen molar-refractivity contribution in [1.82, 2.24) is 14.9 Å². The van der Waals surface area contributed by atoms with Crippen molar-refractivity contribution < 1.29 is 14.3 Å². The summed E-state index contributed by atoms with van der Waals surface area (Å²) in [4.78, 5) is 27.0. The summed E-state index contributed by atoms with van der Waals surface area (Å²) in [7, 11) is 0. The summed E-state index contributed by atoms with van der Waals surface area (Å²) in [5.74, 6) is 1.07. The van der Waals surface area contributed by atoms with Crippen LogP contribution in [0.1, 0.15) is 76.4 Å². The van der Waals surface area contributed by atoms with Crippen LogP contribution in [0.15, 0.2) is 34.3 Å². The normalized spacial score (nSPS) is 23.8. The van der Waals surface area contributed by atoms with E-state index in [1.807, 2.05) is 6.92 Å². The van der Waals surface area contributed by atoms with Gasteiger partial charge < -0.3 is 21.1 Å². The summed E-state index contributed by atoms with van der Waals surface area (Å²) in [5, 5.41) is 18.9. The molecule has 2 atom stereocenters. The number of fused-ring (bicyclic) bond motifs is 1. The molecule has 4 N–H and O–H groups in total. The quantitative estimate of drug-likeness (QED) is 0.398. The Kier molecular flexibility index (Phi) is 8.36. The number of nitrogens with one attached hydrogen (secondary N) is 3. The van der Waals surface area contributed by atoms with Gasteiger partial charge in [0.25, 0.3) is 0 Å². The molecular weight excluding hydrogens is 485 g/mol. The molecular formula is C28H38FN7O2. The lowest BCUT2D eigenvalue weighted by Gasteiger charge is -2.32. The van der Waals surface area contributed by atoms with E-state index in [1.165, 1.54) is 31.0 Å². The van der Waals surface area contributed by atoms with E-state index in [2.05, 4.69) is 25.5 Å². The monoisotopic (exact) mass is 523 g/mol. The molecule has 38 heavy (non-hydrogen) atoms. The molecule has 10 heteroatoms. The van der Waals surface area contributed by atoms with Crippen molar-refractivity contribution in [1.29, 1.82) is 0 Å². The molecule has 5 rings (SSSR count). The summed E-state index contributed by atoms with van der Waals surface area (Å²) >= 11 is 0. The average Bonchev–Trinajstić information content (AvgIpc) is 3.30. The van der Waals surface area contributed by atoms with E-state index in [0.717, 1.165) is 44.3 Å². The highest BCUT2D eigenvalue weighted by molar-refractivity contribution is 5.89. The second-order valence-corrected chi connectivity index (χ2v) is 10.7. The molecule has 1 amide bonds. The number of imidazole rings is 1. The van der Waals surface area contributed by atoms with Crippen molar-refractivity contribution in [2.75, 3.05) is 23.8 Å². The van der Waals surface area contributed by atoms with Gasteiger partial charge in [-0.2, -0.15) is 0 Å². The number of para-hydroxylation sites is 1. The number of anilines is 3. The van der Waals surface area contributed by atoms with Crippen molar-refractivity contribution in [3.63, 3.8) is 0 Å². The molecule has 2 fully saturated rings. The standard InChI is InChI=1S/C28H38FN7O2/c1-18(17-37)15-30-26(38)19-11-13-21(14-12-19)36-25-24(34-28(36)33-23-10-6-5-9-22(23)29)16-31-27(35-25)32-20-7-3-2-4-8-20/h5-6,9-10,16,18-19,21,27,35,37H,2-4,7-8,11-15,17H2,1H3,(H,30,38)(H,33,34)/t18-,19?,21?,27?/m1/s1. The van der Waals surface area contributed by atoms with Gasteiger partial charge in [-0.15, -0.1) is 0 Å². The first kappa shape index (κ1) is 26.3. The number of benzene rings is 1. The fraction of sp³-hybridized carbons (Fsp3) is 0.571. The number of rotatable bonds is 8. The Morgan fingerprint density at radius 1 is 1.21 bits per heavy atom. The van der Waals surface area contributed by atoms with E-state index in [-0.39, 0.29) is 36.2 Å². The highest BCUT2D eigenvalue weighted by atomic mass is 19.1. The number of aliphatic hydroxyl groups is 1. The lowest BCUT2D eigenvalue weighted by Crippen LogP contribution is -2.36. The number of amides is 1. The van der Waals surface area contributed by atoms with Gasteiger partial charge in [-0.05, 0) is 69.4 Å². The molecule has 2 aromatic rings. The topological polar surface area (TPSA) is 116 Å². The van der Waals surface area contributed by atoms with Crippen molar-refractivity contribution in [3.05, 3.63) is 35.8 Å². The highest BCUT2D eigenvalue weighted by Gasteiger charge is 2.32. The van der Waals surface area contributed by atoms with Crippen LogP contribution in [0.3, 0.4) is 0 Å². The van der Waals surface area contributed by atoms with Gasteiger partial charge in [0.15, 0.2) is 0 Å². The predicted octanol–water partition coefficient (Wildman–Crippen LogP) is 4.77. The molecule has 1 aromatic heterocycles. The first-order valence-corrected chi connectivity index (χ1v) is 13.9. The molecule has 2 saturated carbocycles. The van der Waals surface area contributed by atoms with Crippen LogP contribution in [-0.4, -0.2) is 51.9 Å². The SMILES string of the molecule is C[C@@H](CO)CNC(=O)C1CCC(n2c(Nc3ccccc3F)nc3c2NC(N=C2CCCCC2)N=C3)CC1. The fourth-order valence-electron chi connectivity index (χ4n) is 5.52. The van der Waals surface area contributed by atoms with Gasteiger partial charge in [0.05, 0.1) is 11.9 Å². The van der Waals surface area contributed by atoms with Crippen LogP contribution in [0.5, 0.6) is 0 Å². The predicted molar refractivity (Wildman–Crippen MR) is 148 cm³/mol. The summed E-state index contributed by atoms with van der Waals surface area (Å²) in [5.41, 5.74) is 2.26. The van der Waals surface area contributed by atoms with Crippen molar-refractivity contribution in [2.24, 2.45) is 21.8 Å². The molecule has 2 aliphatic carbocycles. The van der Waals surface area contributed by atoms with E-state index in [4.69, 9.17) is 9.98 Å². The maximum atomic E-state index is 14.5. The first-order chi connectivity index (χ1) is 18.5. The van der Waals surface area contributed by atoms with Gasteiger partial charge in [-0.3, -0.25) is 9.36 Å². The van der Waals surface area contributed by atoms with Crippen LogP contribution in [0.25, 0.3) is 0 Å².